The highest BCUT2D eigenvalue weighted by Gasteiger charge is 2.31. The highest BCUT2D eigenvalue weighted by atomic mass is 35.5. The number of carbonyl (C=O) groups is 1. The molecule has 0 bridgehead atoms. The molecular weight excluding hydrogens is 412 g/mol. The SMILES string of the molecule is COCCCn1c(=O)cnn(-c2ccc(Cl)c(C(=O)NCC3(O)CCCC3)c2)c1=O. The Morgan fingerprint density at radius 1 is 1.33 bits per heavy atom. The first-order valence-corrected chi connectivity index (χ1v) is 10.2. The van der Waals surface area contributed by atoms with Crippen LogP contribution in [0, 0.1) is 0 Å². The van der Waals surface area contributed by atoms with Gasteiger partial charge in [-0.1, -0.05) is 24.4 Å². The fourth-order valence-electron chi connectivity index (χ4n) is 3.55. The van der Waals surface area contributed by atoms with Gasteiger partial charge in [0.1, 0.15) is 6.20 Å². The van der Waals surface area contributed by atoms with Crippen molar-refractivity contribution in [1.29, 1.82) is 0 Å². The minimum Gasteiger partial charge on any atom is -0.388 e. The zero-order chi connectivity index (χ0) is 21.7. The number of benzene rings is 1. The number of ether oxygens (including phenoxy) is 1. The molecule has 1 aromatic heterocycles. The maximum absolute atomic E-state index is 12.7. The van der Waals surface area contributed by atoms with Crippen molar-refractivity contribution in [2.45, 2.75) is 44.2 Å². The van der Waals surface area contributed by atoms with E-state index in [2.05, 4.69) is 10.4 Å². The van der Waals surface area contributed by atoms with Crippen LogP contribution in [0.5, 0.6) is 0 Å². The van der Waals surface area contributed by atoms with E-state index in [1.165, 1.54) is 12.1 Å². The topological polar surface area (TPSA) is 115 Å². The van der Waals surface area contributed by atoms with Crippen LogP contribution in [0.1, 0.15) is 42.5 Å². The van der Waals surface area contributed by atoms with Gasteiger partial charge in [-0.25, -0.2) is 4.79 Å². The third kappa shape index (κ3) is 4.97. The number of aliphatic hydroxyl groups is 1. The molecule has 0 unspecified atom stereocenters. The van der Waals surface area contributed by atoms with Crippen LogP contribution < -0.4 is 16.6 Å². The molecule has 30 heavy (non-hydrogen) atoms. The Kier molecular flexibility index (Phi) is 7.06. The largest absolute Gasteiger partial charge is 0.388 e. The summed E-state index contributed by atoms with van der Waals surface area (Å²) in [6.45, 7) is 0.730. The molecule has 10 heteroatoms. The number of hydrogen-bond acceptors (Lipinski definition) is 6. The number of halogens is 1. The molecule has 3 rings (SSSR count). The van der Waals surface area contributed by atoms with Crippen molar-refractivity contribution >= 4 is 17.5 Å². The van der Waals surface area contributed by atoms with Crippen LogP contribution >= 0.6 is 11.6 Å². The number of amides is 1. The summed E-state index contributed by atoms with van der Waals surface area (Å²) >= 11 is 6.19. The first-order chi connectivity index (χ1) is 14.3. The van der Waals surface area contributed by atoms with E-state index < -0.39 is 22.8 Å². The van der Waals surface area contributed by atoms with Crippen molar-refractivity contribution in [2.75, 3.05) is 20.3 Å². The van der Waals surface area contributed by atoms with E-state index in [0.717, 1.165) is 28.3 Å². The van der Waals surface area contributed by atoms with Crippen molar-refractivity contribution in [2.24, 2.45) is 0 Å². The van der Waals surface area contributed by atoms with Crippen LogP contribution in [0.3, 0.4) is 0 Å². The standard InChI is InChI=1S/C20H25ClN4O5/c1-30-10-4-9-24-17(26)12-23-25(19(24)28)14-5-6-16(21)15(11-14)18(27)22-13-20(29)7-2-3-8-20/h5-6,11-12,29H,2-4,7-10,13H2,1H3,(H,22,27). The Morgan fingerprint density at radius 3 is 2.77 bits per heavy atom. The van der Waals surface area contributed by atoms with Gasteiger partial charge in [0.2, 0.25) is 0 Å². The number of hydrogen-bond donors (Lipinski definition) is 2. The molecular formula is C20H25ClN4O5. The average molecular weight is 437 g/mol. The second-order valence-corrected chi connectivity index (χ2v) is 7.86. The van der Waals surface area contributed by atoms with E-state index in [4.69, 9.17) is 16.3 Å². The summed E-state index contributed by atoms with van der Waals surface area (Å²) in [4.78, 5) is 37.4. The zero-order valence-electron chi connectivity index (χ0n) is 16.8. The van der Waals surface area contributed by atoms with Gasteiger partial charge in [-0.3, -0.25) is 14.2 Å². The summed E-state index contributed by atoms with van der Waals surface area (Å²) in [5.74, 6) is -0.455. The van der Waals surface area contributed by atoms with Gasteiger partial charge in [-0.2, -0.15) is 9.78 Å². The van der Waals surface area contributed by atoms with Gasteiger partial charge in [0.25, 0.3) is 11.5 Å². The van der Waals surface area contributed by atoms with Crippen molar-refractivity contribution in [1.82, 2.24) is 19.7 Å². The lowest BCUT2D eigenvalue weighted by molar-refractivity contribution is 0.0449. The third-order valence-electron chi connectivity index (χ3n) is 5.24. The molecule has 1 saturated carbocycles. The van der Waals surface area contributed by atoms with Crippen LogP contribution in [-0.2, 0) is 11.3 Å². The lowest BCUT2D eigenvalue weighted by Crippen LogP contribution is -2.41. The van der Waals surface area contributed by atoms with E-state index >= 15 is 0 Å². The summed E-state index contributed by atoms with van der Waals surface area (Å²) in [6.07, 6.45) is 4.69. The Hall–Kier alpha value is -2.49. The number of nitrogens with zero attached hydrogens (tertiary/aromatic N) is 3. The van der Waals surface area contributed by atoms with E-state index in [9.17, 15) is 19.5 Å². The van der Waals surface area contributed by atoms with Crippen molar-refractivity contribution in [3.8, 4) is 5.69 Å². The number of rotatable bonds is 8. The third-order valence-corrected chi connectivity index (χ3v) is 5.57. The van der Waals surface area contributed by atoms with E-state index in [-0.39, 0.29) is 23.7 Å². The average Bonchev–Trinajstić information content (AvgIpc) is 3.16. The van der Waals surface area contributed by atoms with Crippen LogP contribution in [0.25, 0.3) is 5.69 Å². The quantitative estimate of drug-likeness (QED) is 0.599. The highest BCUT2D eigenvalue weighted by Crippen LogP contribution is 2.29. The van der Waals surface area contributed by atoms with Crippen molar-refractivity contribution in [3.05, 3.63) is 55.8 Å². The molecule has 2 N–H and O–H groups in total. The summed E-state index contributed by atoms with van der Waals surface area (Å²) in [5.41, 5.74) is -1.57. The summed E-state index contributed by atoms with van der Waals surface area (Å²) in [7, 11) is 1.54. The number of aromatic nitrogens is 3. The van der Waals surface area contributed by atoms with Gasteiger partial charge in [0.05, 0.1) is 21.9 Å². The molecule has 1 amide bonds. The van der Waals surface area contributed by atoms with E-state index in [1.54, 1.807) is 13.2 Å². The molecule has 0 spiro atoms. The molecule has 0 saturated heterocycles. The fourth-order valence-corrected chi connectivity index (χ4v) is 3.76. The second kappa shape index (κ2) is 9.55. The smallest absolute Gasteiger partial charge is 0.352 e. The first kappa shape index (κ1) is 22.2. The molecule has 1 aliphatic rings. The molecule has 1 aliphatic carbocycles. The first-order valence-electron chi connectivity index (χ1n) is 9.83. The Bertz CT molecular complexity index is 1030. The summed E-state index contributed by atoms with van der Waals surface area (Å²) in [6, 6.07) is 4.47. The minimum absolute atomic E-state index is 0.134. The maximum Gasteiger partial charge on any atom is 0.352 e. The number of carbonyl (C=O) groups excluding carboxylic acids is 1. The Labute approximate surface area is 178 Å². The molecule has 0 atom stereocenters. The van der Waals surface area contributed by atoms with Gasteiger partial charge in [0, 0.05) is 26.8 Å². The van der Waals surface area contributed by atoms with Crippen LogP contribution in [0.15, 0.2) is 34.0 Å². The molecule has 0 aliphatic heterocycles. The lowest BCUT2D eigenvalue weighted by Gasteiger charge is -2.22. The van der Waals surface area contributed by atoms with Crippen LogP contribution in [0.4, 0.5) is 0 Å². The number of nitrogens with one attached hydrogen (secondary N) is 1. The predicted molar refractivity (Wildman–Crippen MR) is 111 cm³/mol. The van der Waals surface area contributed by atoms with Gasteiger partial charge in [0.15, 0.2) is 0 Å². The molecule has 1 fully saturated rings. The summed E-state index contributed by atoms with van der Waals surface area (Å²) < 4.78 is 7.08. The molecule has 1 aromatic carbocycles. The highest BCUT2D eigenvalue weighted by molar-refractivity contribution is 6.33. The summed E-state index contributed by atoms with van der Waals surface area (Å²) in [5, 5.41) is 17.3. The number of methoxy groups -OCH3 is 1. The molecule has 2 aromatic rings. The predicted octanol–water partition coefficient (Wildman–Crippen LogP) is 1.12. The fraction of sp³-hybridized carbons (Fsp3) is 0.500. The monoisotopic (exact) mass is 436 g/mol. The second-order valence-electron chi connectivity index (χ2n) is 7.45. The van der Waals surface area contributed by atoms with Gasteiger partial charge >= 0.3 is 5.69 Å². The maximum atomic E-state index is 12.7. The molecule has 0 radical (unpaired) electrons. The Morgan fingerprint density at radius 2 is 2.07 bits per heavy atom. The molecule has 162 valence electrons. The zero-order valence-corrected chi connectivity index (χ0v) is 17.5. The minimum atomic E-state index is -0.893. The van der Waals surface area contributed by atoms with Crippen molar-refractivity contribution < 1.29 is 14.6 Å². The van der Waals surface area contributed by atoms with E-state index in [1.807, 2.05) is 0 Å². The van der Waals surface area contributed by atoms with Crippen LogP contribution in [-0.4, -0.2) is 51.2 Å². The molecule has 9 nitrogen and oxygen atoms in total. The van der Waals surface area contributed by atoms with Gasteiger partial charge < -0.3 is 15.2 Å². The van der Waals surface area contributed by atoms with Crippen LogP contribution in [0.2, 0.25) is 5.02 Å². The van der Waals surface area contributed by atoms with Gasteiger partial charge in [-0.05, 0) is 37.5 Å². The van der Waals surface area contributed by atoms with Gasteiger partial charge in [-0.15, -0.1) is 0 Å². The normalized spacial score (nSPS) is 15.3. The van der Waals surface area contributed by atoms with Crippen molar-refractivity contribution in [3.63, 3.8) is 0 Å². The molecule has 1 heterocycles. The van der Waals surface area contributed by atoms with E-state index in [0.29, 0.717) is 31.6 Å². The Balaban J connectivity index is 1.86. The lowest BCUT2D eigenvalue weighted by atomic mass is 10.0.